The van der Waals surface area contributed by atoms with Crippen LogP contribution in [-0.2, 0) is 15.6 Å². The van der Waals surface area contributed by atoms with Crippen molar-refractivity contribution in [1.82, 2.24) is 9.78 Å². The summed E-state index contributed by atoms with van der Waals surface area (Å²) in [6.45, 7) is 2.43. The van der Waals surface area contributed by atoms with E-state index in [-0.39, 0.29) is 10.0 Å². The first-order valence-electron chi connectivity index (χ1n) is 4.55. The summed E-state index contributed by atoms with van der Waals surface area (Å²) in [4.78, 5) is -0.00336. The summed E-state index contributed by atoms with van der Waals surface area (Å²) in [7, 11) is 1.53. The SMILES string of the molecule is CCn1nc2cccc(S(=O)(=O)Cl)c2c1Cl. The number of benzene rings is 1. The first kappa shape index (κ1) is 11.7. The zero-order chi connectivity index (χ0) is 11.9. The molecular formula is C9H8Cl2N2O2S. The molecule has 2 rings (SSSR count). The van der Waals surface area contributed by atoms with E-state index < -0.39 is 9.05 Å². The van der Waals surface area contributed by atoms with Gasteiger partial charge in [0.15, 0.2) is 0 Å². The lowest BCUT2D eigenvalue weighted by Crippen LogP contribution is -1.95. The van der Waals surface area contributed by atoms with E-state index in [0.717, 1.165) is 0 Å². The minimum absolute atomic E-state index is 0.00336. The van der Waals surface area contributed by atoms with Gasteiger partial charge in [0.25, 0.3) is 9.05 Å². The number of aromatic nitrogens is 2. The quantitative estimate of drug-likeness (QED) is 0.794. The van der Waals surface area contributed by atoms with E-state index >= 15 is 0 Å². The molecule has 4 nitrogen and oxygen atoms in total. The summed E-state index contributed by atoms with van der Waals surface area (Å²) in [5.74, 6) is 0. The number of halogens is 2. The van der Waals surface area contributed by atoms with Gasteiger partial charge in [0, 0.05) is 17.2 Å². The Hall–Kier alpha value is -0.780. The van der Waals surface area contributed by atoms with Gasteiger partial charge in [-0.1, -0.05) is 17.7 Å². The first-order valence-corrected chi connectivity index (χ1v) is 7.23. The summed E-state index contributed by atoms with van der Waals surface area (Å²) in [5.41, 5.74) is 0.522. The lowest BCUT2D eigenvalue weighted by Gasteiger charge is -1.98. The standard InChI is InChI=1S/C9H8Cl2N2O2S/c1-2-13-9(10)8-6(12-13)4-3-5-7(8)16(11,14)15/h3-5H,2H2,1H3. The number of rotatable bonds is 2. The van der Waals surface area contributed by atoms with Gasteiger partial charge in [-0.05, 0) is 19.1 Å². The van der Waals surface area contributed by atoms with E-state index in [0.29, 0.717) is 17.4 Å². The van der Waals surface area contributed by atoms with E-state index in [9.17, 15) is 8.42 Å². The third-order valence-corrected chi connectivity index (χ3v) is 3.98. The fourth-order valence-corrected chi connectivity index (χ4v) is 3.01. The molecule has 1 aromatic heterocycles. The van der Waals surface area contributed by atoms with Gasteiger partial charge in [-0.3, -0.25) is 4.68 Å². The minimum atomic E-state index is -3.81. The van der Waals surface area contributed by atoms with Gasteiger partial charge in [-0.25, -0.2) is 8.42 Å². The van der Waals surface area contributed by atoms with E-state index in [1.807, 2.05) is 6.92 Å². The van der Waals surface area contributed by atoms with Crippen LogP contribution in [0.4, 0.5) is 0 Å². The minimum Gasteiger partial charge on any atom is -0.253 e. The van der Waals surface area contributed by atoms with Crippen LogP contribution in [0.5, 0.6) is 0 Å². The van der Waals surface area contributed by atoms with Crippen LogP contribution in [-0.4, -0.2) is 18.2 Å². The van der Waals surface area contributed by atoms with Crippen LogP contribution in [0.1, 0.15) is 6.92 Å². The third-order valence-electron chi connectivity index (χ3n) is 2.23. The van der Waals surface area contributed by atoms with Crippen LogP contribution in [0.15, 0.2) is 23.1 Å². The van der Waals surface area contributed by atoms with Crippen molar-refractivity contribution in [2.45, 2.75) is 18.4 Å². The molecule has 0 fully saturated rings. The second-order valence-electron chi connectivity index (χ2n) is 3.19. The van der Waals surface area contributed by atoms with Crippen LogP contribution in [0, 0.1) is 0 Å². The van der Waals surface area contributed by atoms with Crippen molar-refractivity contribution in [1.29, 1.82) is 0 Å². The zero-order valence-electron chi connectivity index (χ0n) is 8.31. The maximum atomic E-state index is 11.4. The van der Waals surface area contributed by atoms with Crippen molar-refractivity contribution in [2.75, 3.05) is 0 Å². The maximum Gasteiger partial charge on any atom is 0.262 e. The van der Waals surface area contributed by atoms with Gasteiger partial charge in [0.05, 0.1) is 15.8 Å². The Morgan fingerprint density at radius 3 is 2.69 bits per heavy atom. The Balaban J connectivity index is 2.92. The van der Waals surface area contributed by atoms with Crippen molar-refractivity contribution >= 4 is 42.2 Å². The first-order chi connectivity index (χ1) is 7.45. The molecule has 0 aliphatic carbocycles. The molecule has 0 aliphatic heterocycles. The zero-order valence-corrected chi connectivity index (χ0v) is 10.6. The Morgan fingerprint density at radius 1 is 1.44 bits per heavy atom. The van der Waals surface area contributed by atoms with Crippen LogP contribution in [0.25, 0.3) is 10.9 Å². The molecular weight excluding hydrogens is 271 g/mol. The van der Waals surface area contributed by atoms with Gasteiger partial charge >= 0.3 is 0 Å². The van der Waals surface area contributed by atoms with Gasteiger partial charge in [0.1, 0.15) is 5.15 Å². The number of aryl methyl sites for hydroxylation is 1. The van der Waals surface area contributed by atoms with Crippen molar-refractivity contribution in [3.63, 3.8) is 0 Å². The summed E-state index contributed by atoms with van der Waals surface area (Å²) in [6, 6.07) is 4.69. The largest absolute Gasteiger partial charge is 0.262 e. The van der Waals surface area contributed by atoms with Crippen molar-refractivity contribution < 1.29 is 8.42 Å². The lowest BCUT2D eigenvalue weighted by atomic mass is 10.2. The molecule has 0 bridgehead atoms. The summed E-state index contributed by atoms with van der Waals surface area (Å²) >= 11 is 6.05. The Kier molecular flexibility index (Phi) is 2.86. The van der Waals surface area contributed by atoms with Crippen molar-refractivity contribution in [3.8, 4) is 0 Å². The number of hydrogen-bond acceptors (Lipinski definition) is 3. The molecule has 1 aromatic carbocycles. The third kappa shape index (κ3) is 1.79. The van der Waals surface area contributed by atoms with Crippen molar-refractivity contribution in [3.05, 3.63) is 23.4 Å². The number of fused-ring (bicyclic) bond motifs is 1. The highest BCUT2D eigenvalue weighted by molar-refractivity contribution is 8.14. The van der Waals surface area contributed by atoms with Gasteiger partial charge in [0.2, 0.25) is 0 Å². The lowest BCUT2D eigenvalue weighted by molar-refractivity contribution is 0.610. The molecule has 1 heterocycles. The van der Waals surface area contributed by atoms with Crippen LogP contribution in [0.2, 0.25) is 5.15 Å². The molecule has 0 spiro atoms. The highest BCUT2D eigenvalue weighted by Crippen LogP contribution is 2.31. The topological polar surface area (TPSA) is 52.0 Å². The van der Waals surface area contributed by atoms with E-state index in [4.69, 9.17) is 22.3 Å². The predicted octanol–water partition coefficient (Wildman–Crippen LogP) is 2.64. The Labute approximate surface area is 102 Å². The molecule has 0 unspecified atom stereocenters. The Morgan fingerprint density at radius 2 is 2.12 bits per heavy atom. The molecule has 86 valence electrons. The molecule has 0 N–H and O–H groups in total. The highest BCUT2D eigenvalue weighted by Gasteiger charge is 2.19. The summed E-state index contributed by atoms with van der Waals surface area (Å²) < 4.78 is 24.3. The highest BCUT2D eigenvalue weighted by atomic mass is 35.7. The van der Waals surface area contributed by atoms with Gasteiger partial charge in [-0.15, -0.1) is 0 Å². The molecule has 16 heavy (non-hydrogen) atoms. The molecule has 0 amide bonds. The normalized spacial score (nSPS) is 12.2. The van der Waals surface area contributed by atoms with E-state index in [1.165, 1.54) is 10.7 Å². The van der Waals surface area contributed by atoms with Crippen LogP contribution in [0.3, 0.4) is 0 Å². The van der Waals surface area contributed by atoms with Crippen LogP contribution >= 0.6 is 22.3 Å². The molecule has 0 saturated carbocycles. The maximum absolute atomic E-state index is 11.4. The fourth-order valence-electron chi connectivity index (χ4n) is 1.53. The average molecular weight is 279 g/mol. The molecule has 2 aromatic rings. The molecule has 0 atom stereocenters. The molecule has 0 saturated heterocycles. The second kappa shape index (κ2) is 3.91. The molecule has 0 aliphatic rings. The fraction of sp³-hybridized carbons (Fsp3) is 0.222. The van der Waals surface area contributed by atoms with Gasteiger partial charge < -0.3 is 0 Å². The number of hydrogen-bond donors (Lipinski definition) is 0. The average Bonchev–Trinajstić information content (AvgIpc) is 2.54. The van der Waals surface area contributed by atoms with E-state index in [2.05, 4.69) is 5.10 Å². The summed E-state index contributed by atoms with van der Waals surface area (Å²) in [5, 5.41) is 4.83. The van der Waals surface area contributed by atoms with Crippen molar-refractivity contribution in [2.24, 2.45) is 0 Å². The monoisotopic (exact) mass is 278 g/mol. The predicted molar refractivity (Wildman–Crippen MR) is 63.5 cm³/mol. The number of nitrogens with zero attached hydrogens (tertiary/aromatic N) is 2. The smallest absolute Gasteiger partial charge is 0.253 e. The van der Waals surface area contributed by atoms with Gasteiger partial charge in [-0.2, -0.15) is 5.10 Å². The summed E-state index contributed by atoms with van der Waals surface area (Å²) in [6.07, 6.45) is 0. The molecule has 7 heteroatoms. The van der Waals surface area contributed by atoms with Crippen LogP contribution < -0.4 is 0 Å². The Bertz CT molecular complexity index is 649. The second-order valence-corrected chi connectivity index (χ2v) is 6.09. The van der Waals surface area contributed by atoms with E-state index in [1.54, 1.807) is 12.1 Å². The molecule has 0 radical (unpaired) electrons.